The largest absolute Gasteiger partial charge is 0.486 e. The Balaban J connectivity index is 1.89. The number of alkyl halides is 3. The summed E-state index contributed by atoms with van der Waals surface area (Å²) in [6.45, 7) is 0.178. The monoisotopic (exact) mass is 374 g/mol. The zero-order valence-electron chi connectivity index (χ0n) is 12.1. The Morgan fingerprint density at radius 2 is 1.83 bits per heavy atom. The summed E-state index contributed by atoms with van der Waals surface area (Å²) < 4.78 is 49.1. The van der Waals surface area contributed by atoms with Gasteiger partial charge in [-0.2, -0.15) is 13.2 Å². The zero-order chi connectivity index (χ0) is 17.3. The molecule has 1 atom stereocenters. The van der Waals surface area contributed by atoms with Crippen molar-refractivity contribution < 1.29 is 22.6 Å². The van der Waals surface area contributed by atoms with Crippen LogP contribution in [0.2, 0.25) is 10.0 Å². The minimum absolute atomic E-state index is 0.0768. The number of halogens is 5. The third-order valence-electron chi connectivity index (χ3n) is 3.40. The van der Waals surface area contributed by atoms with E-state index in [2.05, 4.69) is 0 Å². The van der Waals surface area contributed by atoms with Gasteiger partial charge in [0.25, 0.3) is 0 Å². The maximum atomic E-state index is 12.8. The van der Waals surface area contributed by atoms with Crippen LogP contribution in [0, 0.1) is 0 Å². The molecule has 126 valence electrons. The lowest BCUT2D eigenvalue weighted by Gasteiger charge is -2.25. The van der Waals surface area contributed by atoms with Gasteiger partial charge in [-0.25, -0.2) is 0 Å². The first-order valence-electron chi connectivity index (χ1n) is 6.96. The molecule has 0 spiro atoms. The number of fused-ring (bicyclic) bond motifs is 1. The Kier molecular flexibility index (Phi) is 4.65. The molecule has 0 fully saturated rings. The number of rotatable bonds is 3. The van der Waals surface area contributed by atoms with E-state index in [1.807, 2.05) is 30.3 Å². The standard InChI is InChI=1S/C17H11Cl2F3O2/c18-12-8-11-6-7-13(17(20,21)22)24-15(11)14(19)16(12)23-9-10-4-2-1-3-5-10/h1-8,13H,9H2. The number of benzene rings is 2. The van der Waals surface area contributed by atoms with E-state index in [9.17, 15) is 13.2 Å². The molecule has 0 aliphatic carbocycles. The molecule has 0 saturated carbocycles. The van der Waals surface area contributed by atoms with Crippen molar-refractivity contribution in [3.8, 4) is 11.5 Å². The van der Waals surface area contributed by atoms with E-state index in [4.69, 9.17) is 32.7 Å². The molecule has 24 heavy (non-hydrogen) atoms. The molecule has 1 unspecified atom stereocenters. The number of hydrogen-bond acceptors (Lipinski definition) is 2. The van der Waals surface area contributed by atoms with Gasteiger partial charge in [0.15, 0.2) is 5.75 Å². The molecule has 0 bridgehead atoms. The third-order valence-corrected chi connectivity index (χ3v) is 4.03. The van der Waals surface area contributed by atoms with Crippen LogP contribution in [-0.4, -0.2) is 12.3 Å². The van der Waals surface area contributed by atoms with Gasteiger partial charge in [-0.15, -0.1) is 0 Å². The van der Waals surface area contributed by atoms with Crippen LogP contribution in [0.4, 0.5) is 13.2 Å². The van der Waals surface area contributed by atoms with E-state index in [1.165, 1.54) is 12.1 Å². The normalized spacial score (nSPS) is 16.5. The van der Waals surface area contributed by atoms with Crippen molar-refractivity contribution >= 4 is 29.3 Å². The second kappa shape index (κ2) is 6.57. The molecule has 0 aromatic heterocycles. The quantitative estimate of drug-likeness (QED) is 0.664. The molecule has 2 aromatic carbocycles. The highest BCUT2D eigenvalue weighted by molar-refractivity contribution is 6.38. The van der Waals surface area contributed by atoms with Crippen LogP contribution < -0.4 is 9.47 Å². The molecule has 0 saturated heterocycles. The summed E-state index contributed by atoms with van der Waals surface area (Å²) in [5, 5.41) is 0.125. The smallest absolute Gasteiger partial charge is 0.429 e. The fourth-order valence-corrected chi connectivity index (χ4v) is 2.87. The van der Waals surface area contributed by atoms with Crippen LogP contribution in [-0.2, 0) is 6.61 Å². The summed E-state index contributed by atoms with van der Waals surface area (Å²) in [6.07, 6.45) is -4.37. The molecule has 1 heterocycles. The average molecular weight is 375 g/mol. The topological polar surface area (TPSA) is 18.5 Å². The fourth-order valence-electron chi connectivity index (χ4n) is 2.24. The molecule has 7 heteroatoms. The number of ether oxygens (including phenoxy) is 2. The van der Waals surface area contributed by atoms with Gasteiger partial charge in [-0.3, -0.25) is 0 Å². The van der Waals surface area contributed by atoms with Crippen LogP contribution in [0.3, 0.4) is 0 Å². The SMILES string of the molecule is FC(F)(F)C1C=Cc2cc(Cl)c(OCc3ccccc3)c(Cl)c2O1. The second-order valence-electron chi connectivity index (χ2n) is 5.13. The summed E-state index contributed by atoms with van der Waals surface area (Å²) in [5.41, 5.74) is 1.24. The molecule has 2 aromatic rings. The van der Waals surface area contributed by atoms with Crippen LogP contribution in [0.1, 0.15) is 11.1 Å². The highest BCUT2D eigenvalue weighted by Gasteiger charge is 2.42. The zero-order valence-corrected chi connectivity index (χ0v) is 13.6. The summed E-state index contributed by atoms with van der Waals surface area (Å²) in [4.78, 5) is 0. The van der Waals surface area contributed by atoms with E-state index in [0.29, 0.717) is 5.56 Å². The maximum Gasteiger partial charge on any atom is 0.429 e. The maximum absolute atomic E-state index is 12.8. The summed E-state index contributed by atoms with van der Waals surface area (Å²) in [6, 6.07) is 10.7. The first kappa shape index (κ1) is 17.0. The predicted octanol–water partition coefficient (Wildman–Crippen LogP) is 5.91. The van der Waals surface area contributed by atoms with Gasteiger partial charge in [0.05, 0.1) is 5.02 Å². The van der Waals surface area contributed by atoms with Crippen molar-refractivity contribution in [2.24, 2.45) is 0 Å². The first-order valence-corrected chi connectivity index (χ1v) is 7.72. The van der Waals surface area contributed by atoms with Crippen molar-refractivity contribution in [2.75, 3.05) is 0 Å². The lowest BCUT2D eigenvalue weighted by Crippen LogP contribution is -2.34. The fraction of sp³-hybridized carbons (Fsp3) is 0.176. The molecule has 1 aliphatic heterocycles. The summed E-state index contributed by atoms with van der Waals surface area (Å²) >= 11 is 12.3. The van der Waals surface area contributed by atoms with Crippen LogP contribution >= 0.6 is 23.2 Å². The molecule has 0 radical (unpaired) electrons. The van der Waals surface area contributed by atoms with Crippen molar-refractivity contribution in [2.45, 2.75) is 18.9 Å². The van der Waals surface area contributed by atoms with Gasteiger partial charge in [0.2, 0.25) is 6.10 Å². The number of hydrogen-bond donors (Lipinski definition) is 0. The van der Waals surface area contributed by atoms with Crippen LogP contribution in [0.15, 0.2) is 42.5 Å². The Labute approximate surface area is 146 Å². The van der Waals surface area contributed by atoms with Gasteiger partial charge in [-0.1, -0.05) is 59.6 Å². The van der Waals surface area contributed by atoms with Gasteiger partial charge in [0.1, 0.15) is 17.4 Å². The van der Waals surface area contributed by atoms with Gasteiger partial charge in [0, 0.05) is 5.56 Å². The lowest BCUT2D eigenvalue weighted by atomic mass is 10.1. The van der Waals surface area contributed by atoms with Gasteiger partial charge >= 0.3 is 6.18 Å². The molecule has 0 amide bonds. The predicted molar refractivity (Wildman–Crippen MR) is 86.7 cm³/mol. The van der Waals surface area contributed by atoms with E-state index < -0.39 is 12.3 Å². The second-order valence-corrected chi connectivity index (χ2v) is 5.92. The van der Waals surface area contributed by atoms with E-state index >= 15 is 0 Å². The molecule has 3 rings (SSSR count). The highest BCUT2D eigenvalue weighted by atomic mass is 35.5. The minimum atomic E-state index is -4.53. The molecule has 0 N–H and O–H groups in total. The highest BCUT2D eigenvalue weighted by Crippen LogP contribution is 2.46. The Morgan fingerprint density at radius 3 is 2.50 bits per heavy atom. The van der Waals surface area contributed by atoms with Gasteiger partial charge in [-0.05, 0) is 17.7 Å². The summed E-state index contributed by atoms with van der Waals surface area (Å²) in [7, 11) is 0. The van der Waals surface area contributed by atoms with Crippen LogP contribution in [0.5, 0.6) is 11.5 Å². The van der Waals surface area contributed by atoms with Crippen molar-refractivity contribution in [3.63, 3.8) is 0 Å². The van der Waals surface area contributed by atoms with Crippen molar-refractivity contribution in [1.82, 2.24) is 0 Å². The lowest BCUT2D eigenvalue weighted by molar-refractivity contribution is -0.180. The third kappa shape index (κ3) is 3.47. The van der Waals surface area contributed by atoms with Crippen molar-refractivity contribution in [1.29, 1.82) is 0 Å². The van der Waals surface area contributed by atoms with E-state index in [0.717, 1.165) is 11.6 Å². The first-order chi connectivity index (χ1) is 11.4. The Hall–Kier alpha value is -1.85. The molecular formula is C17H11Cl2F3O2. The Bertz CT molecular complexity index is 774. The molecule has 1 aliphatic rings. The summed E-state index contributed by atoms with van der Waals surface area (Å²) in [5.74, 6) is 0.00566. The molecular weight excluding hydrogens is 364 g/mol. The Morgan fingerprint density at radius 1 is 1.12 bits per heavy atom. The van der Waals surface area contributed by atoms with Gasteiger partial charge < -0.3 is 9.47 Å². The minimum Gasteiger partial charge on any atom is -0.486 e. The molecule has 2 nitrogen and oxygen atoms in total. The van der Waals surface area contributed by atoms with E-state index in [1.54, 1.807) is 0 Å². The van der Waals surface area contributed by atoms with Crippen LogP contribution in [0.25, 0.3) is 6.08 Å². The van der Waals surface area contributed by atoms with E-state index in [-0.39, 0.29) is 28.2 Å². The van der Waals surface area contributed by atoms with Crippen molar-refractivity contribution in [3.05, 3.63) is 63.6 Å². The average Bonchev–Trinajstić information content (AvgIpc) is 2.54.